The zero-order valence-corrected chi connectivity index (χ0v) is 12.3. The SMILES string of the molecule is Cc1nnc(NC(=O)c2nn(-c3ccccc3)nc2C)s1. The molecule has 0 saturated heterocycles. The molecule has 2 aromatic heterocycles. The van der Waals surface area contributed by atoms with Gasteiger partial charge in [0.15, 0.2) is 5.69 Å². The van der Waals surface area contributed by atoms with Crippen LogP contribution in [0.25, 0.3) is 5.69 Å². The van der Waals surface area contributed by atoms with Gasteiger partial charge in [-0.3, -0.25) is 10.1 Å². The molecule has 1 aromatic carbocycles. The summed E-state index contributed by atoms with van der Waals surface area (Å²) in [7, 11) is 0. The first-order valence-corrected chi connectivity index (χ1v) is 7.06. The van der Waals surface area contributed by atoms with Crippen molar-refractivity contribution in [3.8, 4) is 5.69 Å². The van der Waals surface area contributed by atoms with Crippen LogP contribution in [0.15, 0.2) is 30.3 Å². The molecule has 0 aliphatic rings. The molecular weight excluding hydrogens is 288 g/mol. The summed E-state index contributed by atoms with van der Waals surface area (Å²) in [6.07, 6.45) is 0. The molecule has 0 aliphatic heterocycles. The minimum Gasteiger partial charge on any atom is -0.295 e. The van der Waals surface area contributed by atoms with E-state index < -0.39 is 0 Å². The molecule has 21 heavy (non-hydrogen) atoms. The number of hydrogen-bond acceptors (Lipinski definition) is 6. The van der Waals surface area contributed by atoms with Crippen molar-refractivity contribution in [2.45, 2.75) is 13.8 Å². The molecule has 0 unspecified atom stereocenters. The average Bonchev–Trinajstić information content (AvgIpc) is 3.06. The number of carbonyl (C=O) groups is 1. The Morgan fingerprint density at radius 1 is 1.14 bits per heavy atom. The maximum absolute atomic E-state index is 12.2. The summed E-state index contributed by atoms with van der Waals surface area (Å²) in [4.78, 5) is 13.6. The largest absolute Gasteiger partial charge is 0.295 e. The highest BCUT2D eigenvalue weighted by Crippen LogP contribution is 2.15. The Morgan fingerprint density at radius 2 is 1.90 bits per heavy atom. The Balaban J connectivity index is 1.86. The first-order valence-electron chi connectivity index (χ1n) is 6.24. The van der Waals surface area contributed by atoms with E-state index in [9.17, 15) is 4.79 Å². The van der Waals surface area contributed by atoms with Crippen molar-refractivity contribution in [3.63, 3.8) is 0 Å². The lowest BCUT2D eigenvalue weighted by molar-refractivity contribution is 0.102. The molecule has 0 radical (unpaired) electrons. The van der Waals surface area contributed by atoms with Gasteiger partial charge in [0.05, 0.1) is 11.4 Å². The molecule has 1 N–H and O–H groups in total. The summed E-state index contributed by atoms with van der Waals surface area (Å²) in [5.74, 6) is -0.342. The third-order valence-electron chi connectivity index (χ3n) is 2.73. The van der Waals surface area contributed by atoms with E-state index >= 15 is 0 Å². The number of carbonyl (C=O) groups excluding carboxylic acids is 1. The van der Waals surface area contributed by atoms with Crippen molar-refractivity contribution in [3.05, 3.63) is 46.7 Å². The maximum atomic E-state index is 12.2. The molecular formula is C13H12N6OS. The molecule has 0 fully saturated rings. The summed E-state index contributed by atoms with van der Waals surface area (Å²) in [5.41, 5.74) is 1.62. The Morgan fingerprint density at radius 3 is 2.57 bits per heavy atom. The summed E-state index contributed by atoms with van der Waals surface area (Å²) >= 11 is 1.31. The first kappa shape index (κ1) is 13.4. The summed E-state index contributed by atoms with van der Waals surface area (Å²) in [5, 5.41) is 20.1. The predicted molar refractivity (Wildman–Crippen MR) is 78.7 cm³/mol. The molecule has 8 heteroatoms. The molecule has 1 amide bonds. The van der Waals surface area contributed by atoms with E-state index in [1.54, 1.807) is 6.92 Å². The van der Waals surface area contributed by atoms with Gasteiger partial charge in [-0.15, -0.1) is 15.3 Å². The van der Waals surface area contributed by atoms with E-state index in [4.69, 9.17) is 0 Å². The fourth-order valence-corrected chi connectivity index (χ4v) is 2.36. The van der Waals surface area contributed by atoms with E-state index in [1.165, 1.54) is 16.1 Å². The third kappa shape index (κ3) is 2.79. The van der Waals surface area contributed by atoms with Crippen LogP contribution in [-0.4, -0.2) is 31.1 Å². The van der Waals surface area contributed by atoms with Crippen molar-refractivity contribution in [1.29, 1.82) is 0 Å². The summed E-state index contributed by atoms with van der Waals surface area (Å²) < 4.78 is 0. The van der Waals surface area contributed by atoms with Crippen molar-refractivity contribution in [2.75, 3.05) is 5.32 Å². The fraction of sp³-hybridized carbons (Fsp3) is 0.154. The molecule has 3 aromatic rings. The van der Waals surface area contributed by atoms with Gasteiger partial charge < -0.3 is 0 Å². The normalized spacial score (nSPS) is 10.6. The van der Waals surface area contributed by atoms with Gasteiger partial charge >= 0.3 is 0 Å². The lowest BCUT2D eigenvalue weighted by atomic mass is 10.3. The highest BCUT2D eigenvalue weighted by Gasteiger charge is 2.17. The van der Waals surface area contributed by atoms with Crippen LogP contribution < -0.4 is 5.32 Å². The zero-order chi connectivity index (χ0) is 14.8. The Kier molecular flexibility index (Phi) is 3.44. The van der Waals surface area contributed by atoms with E-state index in [0.717, 1.165) is 10.7 Å². The monoisotopic (exact) mass is 300 g/mol. The minimum atomic E-state index is -0.342. The fourth-order valence-electron chi connectivity index (χ4n) is 1.77. The van der Waals surface area contributed by atoms with Gasteiger partial charge in [-0.05, 0) is 26.0 Å². The highest BCUT2D eigenvalue weighted by molar-refractivity contribution is 7.15. The molecule has 0 bridgehead atoms. The quantitative estimate of drug-likeness (QED) is 0.799. The van der Waals surface area contributed by atoms with Crippen molar-refractivity contribution in [1.82, 2.24) is 25.2 Å². The molecule has 0 atom stereocenters. The van der Waals surface area contributed by atoms with E-state index in [0.29, 0.717) is 10.8 Å². The lowest BCUT2D eigenvalue weighted by Gasteiger charge is -1.98. The number of benzene rings is 1. The Labute approximate surface area is 124 Å². The molecule has 0 aliphatic carbocycles. The van der Waals surface area contributed by atoms with Crippen molar-refractivity contribution in [2.24, 2.45) is 0 Å². The lowest BCUT2D eigenvalue weighted by Crippen LogP contribution is -2.14. The van der Waals surface area contributed by atoms with Crippen LogP contribution in [0, 0.1) is 13.8 Å². The molecule has 7 nitrogen and oxygen atoms in total. The van der Waals surface area contributed by atoms with Gasteiger partial charge in [0.1, 0.15) is 5.01 Å². The van der Waals surface area contributed by atoms with Crippen LogP contribution in [0.5, 0.6) is 0 Å². The Bertz CT molecular complexity index is 779. The zero-order valence-electron chi connectivity index (χ0n) is 11.4. The van der Waals surface area contributed by atoms with E-state index in [1.807, 2.05) is 37.3 Å². The molecule has 0 spiro atoms. The van der Waals surface area contributed by atoms with Crippen LogP contribution in [-0.2, 0) is 0 Å². The second kappa shape index (κ2) is 5.41. The van der Waals surface area contributed by atoms with Gasteiger partial charge in [0.25, 0.3) is 5.91 Å². The minimum absolute atomic E-state index is 0.270. The van der Waals surface area contributed by atoms with Gasteiger partial charge in [-0.2, -0.15) is 9.90 Å². The second-order valence-electron chi connectivity index (χ2n) is 4.34. The topological polar surface area (TPSA) is 85.6 Å². The standard InChI is InChI=1S/C13H12N6OS/c1-8-11(12(20)14-13-16-15-9(2)21-13)18-19(17-8)10-6-4-3-5-7-10/h3-7H,1-2H3,(H,14,16,20). The van der Waals surface area contributed by atoms with E-state index in [-0.39, 0.29) is 11.6 Å². The van der Waals surface area contributed by atoms with Crippen LogP contribution >= 0.6 is 11.3 Å². The van der Waals surface area contributed by atoms with Gasteiger partial charge in [0, 0.05) is 0 Å². The first-order chi connectivity index (χ1) is 10.1. The third-order valence-corrected chi connectivity index (χ3v) is 3.48. The maximum Gasteiger partial charge on any atom is 0.279 e. The van der Waals surface area contributed by atoms with Crippen LogP contribution in [0.4, 0.5) is 5.13 Å². The molecule has 0 saturated carbocycles. The van der Waals surface area contributed by atoms with E-state index in [2.05, 4.69) is 25.7 Å². The van der Waals surface area contributed by atoms with Crippen molar-refractivity contribution >= 4 is 22.4 Å². The number of para-hydroxylation sites is 1. The number of anilines is 1. The van der Waals surface area contributed by atoms with Crippen molar-refractivity contribution < 1.29 is 4.79 Å². The number of aromatic nitrogens is 5. The number of aryl methyl sites for hydroxylation is 2. The predicted octanol–water partition coefficient (Wildman–Crippen LogP) is 1.99. The number of nitrogens with zero attached hydrogens (tertiary/aromatic N) is 5. The summed E-state index contributed by atoms with van der Waals surface area (Å²) in [6.45, 7) is 3.57. The molecule has 106 valence electrons. The van der Waals surface area contributed by atoms with Gasteiger partial charge in [-0.25, -0.2) is 0 Å². The van der Waals surface area contributed by atoms with Crippen LogP contribution in [0.2, 0.25) is 0 Å². The number of nitrogens with one attached hydrogen (secondary N) is 1. The number of hydrogen-bond donors (Lipinski definition) is 1. The van der Waals surface area contributed by atoms with Gasteiger partial charge in [0.2, 0.25) is 5.13 Å². The molecule has 2 heterocycles. The second-order valence-corrected chi connectivity index (χ2v) is 5.52. The average molecular weight is 300 g/mol. The van der Waals surface area contributed by atoms with Gasteiger partial charge in [-0.1, -0.05) is 29.5 Å². The number of rotatable bonds is 3. The van der Waals surface area contributed by atoms with Crippen LogP contribution in [0.1, 0.15) is 21.2 Å². The smallest absolute Gasteiger partial charge is 0.279 e. The van der Waals surface area contributed by atoms with Crippen LogP contribution in [0.3, 0.4) is 0 Å². The molecule has 3 rings (SSSR count). The Hall–Kier alpha value is -2.61. The summed E-state index contributed by atoms with van der Waals surface area (Å²) in [6, 6.07) is 9.42. The number of amides is 1. The highest BCUT2D eigenvalue weighted by atomic mass is 32.1.